The molecule has 0 aliphatic heterocycles. The molecule has 98 valence electrons. The van der Waals surface area contributed by atoms with Crippen LogP contribution in [-0.2, 0) is 4.79 Å². The molecule has 1 amide bonds. The van der Waals surface area contributed by atoms with Gasteiger partial charge in [-0.05, 0) is 42.5 Å². The number of nitrogens with two attached hydrogens (primary N) is 1. The molecule has 0 saturated carbocycles. The van der Waals surface area contributed by atoms with Gasteiger partial charge >= 0.3 is 0 Å². The molecule has 3 nitrogen and oxygen atoms in total. The largest absolute Gasteiger partial charge is 0.397 e. The van der Waals surface area contributed by atoms with Crippen LogP contribution in [0.5, 0.6) is 0 Å². The molecule has 0 unspecified atom stereocenters. The highest BCUT2D eigenvalue weighted by Gasteiger charge is 2.04. The molecule has 0 radical (unpaired) electrons. The molecule has 0 aliphatic rings. The molecule has 2 aromatic rings. The number of nitrogens with one attached hydrogen (secondary N) is 1. The summed E-state index contributed by atoms with van der Waals surface area (Å²) in [6.45, 7) is 1.46. The highest BCUT2D eigenvalue weighted by atomic mass is 79.9. The summed E-state index contributed by atoms with van der Waals surface area (Å²) in [7, 11) is 0. The molecule has 0 atom stereocenters. The van der Waals surface area contributed by atoms with Gasteiger partial charge in [0.1, 0.15) is 0 Å². The zero-order valence-corrected chi connectivity index (χ0v) is 12.7. The van der Waals surface area contributed by atoms with Crippen LogP contribution < -0.4 is 11.1 Å². The SMILES string of the molecule is CC(=O)Nc1ccc(Sc2ccc(Br)cc2)cc1N. The maximum atomic E-state index is 11.0. The second-order valence-electron chi connectivity index (χ2n) is 3.99. The van der Waals surface area contributed by atoms with Crippen LogP contribution in [0.15, 0.2) is 56.7 Å². The van der Waals surface area contributed by atoms with E-state index in [1.165, 1.54) is 6.92 Å². The second kappa shape index (κ2) is 6.12. The summed E-state index contributed by atoms with van der Waals surface area (Å²) < 4.78 is 1.05. The third kappa shape index (κ3) is 4.01. The topological polar surface area (TPSA) is 55.1 Å². The van der Waals surface area contributed by atoms with Crippen molar-refractivity contribution in [1.29, 1.82) is 0 Å². The minimum Gasteiger partial charge on any atom is -0.397 e. The minimum absolute atomic E-state index is 0.125. The van der Waals surface area contributed by atoms with Crippen molar-refractivity contribution in [2.45, 2.75) is 16.7 Å². The van der Waals surface area contributed by atoms with Gasteiger partial charge in [-0.25, -0.2) is 0 Å². The summed E-state index contributed by atoms with van der Waals surface area (Å²) in [5.41, 5.74) is 7.12. The first-order valence-electron chi connectivity index (χ1n) is 5.65. The summed E-state index contributed by atoms with van der Waals surface area (Å²) in [6.07, 6.45) is 0. The lowest BCUT2D eigenvalue weighted by molar-refractivity contribution is -0.114. The fourth-order valence-electron chi connectivity index (χ4n) is 1.55. The van der Waals surface area contributed by atoms with Gasteiger partial charge in [0.05, 0.1) is 11.4 Å². The maximum Gasteiger partial charge on any atom is 0.221 e. The number of carbonyl (C=O) groups excluding carboxylic acids is 1. The van der Waals surface area contributed by atoms with Gasteiger partial charge in [-0.3, -0.25) is 4.79 Å². The Kier molecular flexibility index (Phi) is 4.50. The van der Waals surface area contributed by atoms with Crippen LogP contribution in [-0.4, -0.2) is 5.91 Å². The Morgan fingerprint density at radius 3 is 2.37 bits per heavy atom. The number of carbonyl (C=O) groups is 1. The standard InChI is InChI=1S/C14H13BrN2OS/c1-9(18)17-14-7-6-12(8-13(14)16)19-11-4-2-10(15)3-5-11/h2-8H,16H2,1H3,(H,17,18). The number of hydrogen-bond acceptors (Lipinski definition) is 3. The lowest BCUT2D eigenvalue weighted by Crippen LogP contribution is -2.07. The Bertz CT molecular complexity index is 599. The fraction of sp³-hybridized carbons (Fsp3) is 0.0714. The zero-order valence-electron chi connectivity index (χ0n) is 10.3. The van der Waals surface area contributed by atoms with Gasteiger partial charge in [0.25, 0.3) is 0 Å². The normalized spacial score (nSPS) is 10.2. The molecule has 0 heterocycles. The van der Waals surface area contributed by atoms with Crippen molar-refractivity contribution in [3.63, 3.8) is 0 Å². The molecule has 0 fully saturated rings. The van der Waals surface area contributed by atoms with E-state index in [4.69, 9.17) is 5.73 Å². The van der Waals surface area contributed by atoms with Gasteiger partial charge in [0.15, 0.2) is 0 Å². The monoisotopic (exact) mass is 336 g/mol. The van der Waals surface area contributed by atoms with E-state index in [9.17, 15) is 4.79 Å². The van der Waals surface area contributed by atoms with Crippen molar-refractivity contribution in [3.05, 3.63) is 46.9 Å². The number of nitrogen functional groups attached to an aromatic ring is 1. The van der Waals surface area contributed by atoms with Gasteiger partial charge in [-0.1, -0.05) is 27.7 Å². The molecular weight excluding hydrogens is 324 g/mol. The third-order valence-corrected chi connectivity index (χ3v) is 3.91. The quantitative estimate of drug-likeness (QED) is 0.828. The number of halogens is 1. The Morgan fingerprint density at radius 1 is 1.16 bits per heavy atom. The Balaban J connectivity index is 2.15. The summed E-state index contributed by atoms with van der Waals surface area (Å²) in [6, 6.07) is 13.7. The van der Waals surface area contributed by atoms with Gasteiger partial charge in [0, 0.05) is 21.2 Å². The molecule has 5 heteroatoms. The van der Waals surface area contributed by atoms with E-state index < -0.39 is 0 Å². The molecule has 3 N–H and O–H groups in total. The lowest BCUT2D eigenvalue weighted by Gasteiger charge is -2.08. The zero-order chi connectivity index (χ0) is 13.8. The molecule has 0 saturated heterocycles. The first-order chi connectivity index (χ1) is 9.04. The number of benzene rings is 2. The minimum atomic E-state index is -0.125. The first kappa shape index (κ1) is 14.0. The van der Waals surface area contributed by atoms with Gasteiger partial charge in [0.2, 0.25) is 5.91 Å². The van der Waals surface area contributed by atoms with Crippen LogP contribution in [0.2, 0.25) is 0 Å². The van der Waals surface area contributed by atoms with E-state index in [-0.39, 0.29) is 5.91 Å². The maximum absolute atomic E-state index is 11.0. The van der Waals surface area contributed by atoms with Crippen LogP contribution in [0.1, 0.15) is 6.92 Å². The van der Waals surface area contributed by atoms with Crippen molar-refractivity contribution in [3.8, 4) is 0 Å². The van der Waals surface area contributed by atoms with E-state index in [0.29, 0.717) is 11.4 Å². The van der Waals surface area contributed by atoms with Crippen molar-refractivity contribution < 1.29 is 4.79 Å². The van der Waals surface area contributed by atoms with Crippen molar-refractivity contribution in [2.75, 3.05) is 11.1 Å². The average molecular weight is 337 g/mol. The van der Waals surface area contributed by atoms with E-state index in [1.807, 2.05) is 42.5 Å². The highest BCUT2D eigenvalue weighted by molar-refractivity contribution is 9.10. The van der Waals surface area contributed by atoms with E-state index in [0.717, 1.165) is 14.3 Å². The van der Waals surface area contributed by atoms with Crippen molar-refractivity contribution in [1.82, 2.24) is 0 Å². The van der Waals surface area contributed by atoms with Gasteiger partial charge in [-0.15, -0.1) is 0 Å². The Morgan fingerprint density at radius 2 is 1.79 bits per heavy atom. The molecular formula is C14H13BrN2OS. The average Bonchev–Trinajstić information content (AvgIpc) is 2.35. The summed E-state index contributed by atoms with van der Waals surface area (Å²) >= 11 is 5.03. The number of rotatable bonds is 3. The van der Waals surface area contributed by atoms with Crippen LogP contribution in [0.4, 0.5) is 11.4 Å². The summed E-state index contributed by atoms with van der Waals surface area (Å²) in [5, 5.41) is 2.69. The van der Waals surface area contributed by atoms with Crippen LogP contribution in [0.3, 0.4) is 0 Å². The lowest BCUT2D eigenvalue weighted by atomic mass is 10.2. The molecule has 2 rings (SSSR count). The predicted molar refractivity (Wildman–Crippen MR) is 83.4 cm³/mol. The van der Waals surface area contributed by atoms with Crippen molar-refractivity contribution >= 4 is 45.0 Å². The molecule has 2 aromatic carbocycles. The number of anilines is 2. The van der Waals surface area contributed by atoms with Crippen molar-refractivity contribution in [2.24, 2.45) is 0 Å². The molecule has 0 aromatic heterocycles. The Labute approximate surface area is 124 Å². The first-order valence-corrected chi connectivity index (χ1v) is 7.26. The Hall–Kier alpha value is -1.46. The fourth-order valence-corrected chi connectivity index (χ4v) is 2.68. The second-order valence-corrected chi connectivity index (χ2v) is 6.05. The summed E-state index contributed by atoms with van der Waals surface area (Å²) in [5.74, 6) is -0.125. The van der Waals surface area contributed by atoms with E-state index in [2.05, 4.69) is 21.2 Å². The van der Waals surface area contributed by atoms with E-state index >= 15 is 0 Å². The summed E-state index contributed by atoms with van der Waals surface area (Å²) in [4.78, 5) is 13.2. The molecule has 0 bridgehead atoms. The van der Waals surface area contributed by atoms with Gasteiger partial charge < -0.3 is 11.1 Å². The third-order valence-electron chi connectivity index (χ3n) is 2.38. The van der Waals surface area contributed by atoms with E-state index in [1.54, 1.807) is 11.8 Å². The van der Waals surface area contributed by atoms with Crippen LogP contribution >= 0.6 is 27.7 Å². The highest BCUT2D eigenvalue weighted by Crippen LogP contribution is 2.32. The van der Waals surface area contributed by atoms with Gasteiger partial charge in [-0.2, -0.15) is 0 Å². The molecule has 0 aliphatic carbocycles. The number of amides is 1. The van der Waals surface area contributed by atoms with Crippen LogP contribution in [0.25, 0.3) is 0 Å². The predicted octanol–water partition coefficient (Wildman–Crippen LogP) is 4.14. The smallest absolute Gasteiger partial charge is 0.221 e. The number of hydrogen-bond donors (Lipinski definition) is 2. The van der Waals surface area contributed by atoms with Crippen LogP contribution in [0, 0.1) is 0 Å². The molecule has 0 spiro atoms. The molecule has 19 heavy (non-hydrogen) atoms.